The van der Waals surface area contributed by atoms with Gasteiger partial charge in [-0.3, -0.25) is 9.59 Å². The van der Waals surface area contributed by atoms with Gasteiger partial charge in [-0.15, -0.1) is 0 Å². The molecule has 0 aromatic heterocycles. The minimum Gasteiger partial charge on any atom is -0.368 e. The molecule has 0 saturated carbocycles. The third kappa shape index (κ3) is 4.06. The highest BCUT2D eigenvalue weighted by Gasteiger charge is 2.24. The van der Waals surface area contributed by atoms with Gasteiger partial charge in [0.25, 0.3) is 11.8 Å². The lowest BCUT2D eigenvalue weighted by Gasteiger charge is -2.21. The molecular weight excluding hydrogens is 316 g/mol. The number of carbonyl (C=O) groups excluding carboxylic acids is 2. The summed E-state index contributed by atoms with van der Waals surface area (Å²) in [4.78, 5) is 26.7. The predicted octanol–water partition coefficient (Wildman–Crippen LogP) is 3.47. The molecule has 5 heteroatoms. The Morgan fingerprint density at radius 3 is 2.64 bits per heavy atom. The largest absolute Gasteiger partial charge is 0.368 e. The quantitative estimate of drug-likeness (QED) is 0.908. The van der Waals surface area contributed by atoms with Crippen LogP contribution in [0.3, 0.4) is 0 Å². The number of anilines is 2. The molecule has 2 amide bonds. The molecule has 0 spiro atoms. The standard InChI is InChI=1S/C20H22N2O3/c1-2-22(17-10-4-3-5-11-17)20(24)15-8-6-9-16(14-15)21-19(23)18-12-7-13-25-18/h3-6,8-11,14,18H,2,7,12-13H2,1H3,(H,21,23). The molecule has 5 nitrogen and oxygen atoms in total. The van der Waals surface area contributed by atoms with Gasteiger partial charge >= 0.3 is 0 Å². The molecule has 1 saturated heterocycles. The van der Waals surface area contributed by atoms with Gasteiger partial charge in [0.15, 0.2) is 0 Å². The number of hydrogen-bond acceptors (Lipinski definition) is 3. The fourth-order valence-corrected chi connectivity index (χ4v) is 2.94. The lowest BCUT2D eigenvalue weighted by atomic mass is 10.1. The van der Waals surface area contributed by atoms with Gasteiger partial charge in [0.05, 0.1) is 0 Å². The van der Waals surface area contributed by atoms with Gasteiger partial charge in [-0.25, -0.2) is 0 Å². The van der Waals surface area contributed by atoms with Crippen molar-refractivity contribution >= 4 is 23.2 Å². The molecule has 1 atom stereocenters. The minimum absolute atomic E-state index is 0.0954. The number of rotatable bonds is 5. The van der Waals surface area contributed by atoms with E-state index in [2.05, 4.69) is 5.32 Å². The van der Waals surface area contributed by atoms with Crippen molar-refractivity contribution in [3.05, 3.63) is 60.2 Å². The minimum atomic E-state index is -0.393. The molecule has 1 aliphatic rings. The number of nitrogens with one attached hydrogen (secondary N) is 1. The molecule has 25 heavy (non-hydrogen) atoms. The average molecular weight is 338 g/mol. The van der Waals surface area contributed by atoms with Gasteiger partial charge in [-0.2, -0.15) is 0 Å². The molecule has 3 rings (SSSR count). The molecule has 0 radical (unpaired) electrons. The van der Waals surface area contributed by atoms with Crippen molar-refractivity contribution in [1.29, 1.82) is 0 Å². The third-order valence-electron chi connectivity index (χ3n) is 4.23. The fraction of sp³-hybridized carbons (Fsp3) is 0.300. The molecule has 130 valence electrons. The van der Waals surface area contributed by atoms with Crippen LogP contribution in [0.25, 0.3) is 0 Å². The molecule has 1 fully saturated rings. The third-order valence-corrected chi connectivity index (χ3v) is 4.23. The average Bonchev–Trinajstić information content (AvgIpc) is 3.18. The topological polar surface area (TPSA) is 58.6 Å². The first-order valence-corrected chi connectivity index (χ1v) is 8.58. The Morgan fingerprint density at radius 2 is 1.96 bits per heavy atom. The van der Waals surface area contributed by atoms with Gasteiger partial charge in [0.2, 0.25) is 0 Å². The highest BCUT2D eigenvalue weighted by atomic mass is 16.5. The Kier molecular flexibility index (Phi) is 5.46. The summed E-state index contributed by atoms with van der Waals surface area (Å²) in [6.45, 7) is 3.13. The summed E-state index contributed by atoms with van der Waals surface area (Å²) in [6.07, 6.45) is 1.25. The van der Waals surface area contributed by atoms with E-state index in [4.69, 9.17) is 4.74 Å². The lowest BCUT2D eigenvalue weighted by Crippen LogP contribution is -2.31. The van der Waals surface area contributed by atoms with Crippen molar-refractivity contribution in [3.8, 4) is 0 Å². The number of benzene rings is 2. The van der Waals surface area contributed by atoms with Crippen LogP contribution in [-0.2, 0) is 9.53 Å². The Bertz CT molecular complexity index is 740. The Morgan fingerprint density at radius 1 is 1.16 bits per heavy atom. The predicted molar refractivity (Wildman–Crippen MR) is 97.8 cm³/mol. The molecule has 2 aromatic rings. The summed E-state index contributed by atoms with van der Waals surface area (Å²) in [7, 11) is 0. The van der Waals surface area contributed by atoms with E-state index in [0.29, 0.717) is 24.4 Å². The van der Waals surface area contributed by atoms with Crippen LogP contribution in [0.4, 0.5) is 11.4 Å². The van der Waals surface area contributed by atoms with Crippen molar-refractivity contribution < 1.29 is 14.3 Å². The molecule has 1 heterocycles. The second kappa shape index (κ2) is 7.94. The van der Waals surface area contributed by atoms with Crippen LogP contribution in [-0.4, -0.2) is 31.1 Å². The van der Waals surface area contributed by atoms with E-state index in [0.717, 1.165) is 18.5 Å². The zero-order valence-corrected chi connectivity index (χ0v) is 14.3. The van der Waals surface area contributed by atoms with Crippen LogP contribution in [0.2, 0.25) is 0 Å². The van der Waals surface area contributed by atoms with Crippen LogP contribution in [0.15, 0.2) is 54.6 Å². The lowest BCUT2D eigenvalue weighted by molar-refractivity contribution is -0.124. The van der Waals surface area contributed by atoms with Crippen molar-refractivity contribution in [1.82, 2.24) is 0 Å². The first-order chi connectivity index (χ1) is 12.2. The van der Waals surface area contributed by atoms with Gasteiger partial charge in [-0.1, -0.05) is 24.3 Å². The van der Waals surface area contributed by atoms with E-state index in [1.807, 2.05) is 37.3 Å². The maximum atomic E-state index is 12.9. The molecule has 0 bridgehead atoms. The number of para-hydroxylation sites is 1. The van der Waals surface area contributed by atoms with Gasteiger partial charge in [0, 0.05) is 30.1 Å². The first-order valence-electron chi connectivity index (χ1n) is 8.58. The summed E-state index contributed by atoms with van der Waals surface area (Å²) < 4.78 is 5.39. The molecular formula is C20H22N2O3. The van der Waals surface area contributed by atoms with Gasteiger partial charge in [0.1, 0.15) is 6.10 Å². The van der Waals surface area contributed by atoms with E-state index < -0.39 is 6.10 Å². The van der Waals surface area contributed by atoms with Crippen LogP contribution in [0, 0.1) is 0 Å². The highest BCUT2D eigenvalue weighted by Crippen LogP contribution is 2.20. The normalized spacial score (nSPS) is 16.4. The summed E-state index contributed by atoms with van der Waals surface area (Å²) >= 11 is 0. The highest BCUT2D eigenvalue weighted by molar-refractivity contribution is 6.07. The van der Waals surface area contributed by atoms with E-state index in [1.165, 1.54) is 0 Å². The zero-order valence-electron chi connectivity index (χ0n) is 14.3. The number of ether oxygens (including phenoxy) is 1. The number of hydrogen-bond donors (Lipinski definition) is 1. The smallest absolute Gasteiger partial charge is 0.258 e. The summed E-state index contributed by atoms with van der Waals surface area (Å²) in [5.41, 5.74) is 2.00. The SMILES string of the molecule is CCN(C(=O)c1cccc(NC(=O)C2CCCO2)c1)c1ccccc1. The van der Waals surface area contributed by atoms with Crippen molar-refractivity contribution in [2.24, 2.45) is 0 Å². The molecule has 1 N–H and O–H groups in total. The van der Waals surface area contributed by atoms with Crippen LogP contribution >= 0.6 is 0 Å². The van der Waals surface area contributed by atoms with Crippen LogP contribution < -0.4 is 10.2 Å². The molecule has 1 unspecified atom stereocenters. The van der Waals surface area contributed by atoms with E-state index in [1.54, 1.807) is 29.2 Å². The van der Waals surface area contributed by atoms with E-state index >= 15 is 0 Å². The van der Waals surface area contributed by atoms with Crippen molar-refractivity contribution in [2.45, 2.75) is 25.9 Å². The first kappa shape index (κ1) is 17.2. The molecule has 0 aliphatic carbocycles. The van der Waals surface area contributed by atoms with E-state index in [-0.39, 0.29) is 11.8 Å². The van der Waals surface area contributed by atoms with Gasteiger partial charge in [-0.05, 0) is 50.1 Å². The van der Waals surface area contributed by atoms with Gasteiger partial charge < -0.3 is 15.0 Å². The summed E-state index contributed by atoms with van der Waals surface area (Å²) in [5.74, 6) is -0.251. The van der Waals surface area contributed by atoms with Crippen molar-refractivity contribution in [2.75, 3.05) is 23.4 Å². The number of nitrogens with zero attached hydrogens (tertiary/aromatic N) is 1. The van der Waals surface area contributed by atoms with Crippen molar-refractivity contribution in [3.63, 3.8) is 0 Å². The Balaban J connectivity index is 1.75. The van der Waals surface area contributed by atoms with E-state index in [9.17, 15) is 9.59 Å². The Labute approximate surface area is 147 Å². The second-order valence-corrected chi connectivity index (χ2v) is 5.96. The Hall–Kier alpha value is -2.66. The molecule has 1 aliphatic heterocycles. The summed E-state index contributed by atoms with van der Waals surface area (Å²) in [5, 5.41) is 2.84. The maximum Gasteiger partial charge on any atom is 0.258 e. The second-order valence-electron chi connectivity index (χ2n) is 5.96. The fourth-order valence-electron chi connectivity index (χ4n) is 2.94. The molecule has 2 aromatic carbocycles. The monoisotopic (exact) mass is 338 g/mol. The van der Waals surface area contributed by atoms with Crippen LogP contribution in [0.1, 0.15) is 30.1 Å². The maximum absolute atomic E-state index is 12.9. The number of carbonyl (C=O) groups is 2. The zero-order chi connectivity index (χ0) is 17.6. The summed E-state index contributed by atoms with van der Waals surface area (Å²) in [6, 6.07) is 16.6. The van der Waals surface area contributed by atoms with Crippen LogP contribution in [0.5, 0.6) is 0 Å². The number of amides is 2.